The van der Waals surface area contributed by atoms with Gasteiger partial charge in [0.25, 0.3) is 12.3 Å². The van der Waals surface area contributed by atoms with Gasteiger partial charge in [0.1, 0.15) is 4.88 Å². The number of carboxylic acid groups (broad SMARTS) is 1. The lowest BCUT2D eigenvalue weighted by molar-refractivity contribution is 0.0702. The Kier molecular flexibility index (Phi) is 5.10. The maximum Gasteiger partial charge on any atom is 0.345 e. The zero-order valence-electron chi connectivity index (χ0n) is 12.5. The minimum Gasteiger partial charge on any atom is -0.477 e. The molecule has 7 heteroatoms. The molecule has 2 rings (SSSR count). The Labute approximate surface area is 135 Å². The van der Waals surface area contributed by atoms with Gasteiger partial charge in [-0.2, -0.15) is 0 Å². The van der Waals surface area contributed by atoms with Gasteiger partial charge in [0.2, 0.25) is 0 Å². The molecule has 0 fully saturated rings. The Morgan fingerprint density at radius 2 is 1.87 bits per heavy atom. The molecule has 0 aliphatic rings. The van der Waals surface area contributed by atoms with E-state index in [9.17, 15) is 18.4 Å². The minimum atomic E-state index is -2.57. The highest BCUT2D eigenvalue weighted by atomic mass is 32.1. The molecule has 0 spiro atoms. The zero-order chi connectivity index (χ0) is 17.1. The molecule has 0 bridgehead atoms. The molecule has 1 aromatic carbocycles. The number of thiophene rings is 1. The molecule has 4 nitrogen and oxygen atoms in total. The summed E-state index contributed by atoms with van der Waals surface area (Å²) >= 11 is 1.02. The lowest BCUT2D eigenvalue weighted by Gasteiger charge is -2.15. The number of nitrogens with one attached hydrogen (secondary N) is 1. The second-order valence-corrected chi connectivity index (χ2v) is 6.31. The summed E-state index contributed by atoms with van der Waals surface area (Å²) < 4.78 is 25.5. The normalized spacial score (nSPS) is 12.2. The summed E-state index contributed by atoms with van der Waals surface area (Å²) in [5.74, 6) is -1.52. The Hall–Kier alpha value is -2.28. The van der Waals surface area contributed by atoms with E-state index in [0.29, 0.717) is 10.4 Å². The third kappa shape index (κ3) is 3.92. The molecule has 1 amide bonds. The van der Waals surface area contributed by atoms with Crippen LogP contribution in [-0.2, 0) is 0 Å². The molecule has 2 aromatic rings. The first-order valence-corrected chi connectivity index (χ1v) is 7.64. The fourth-order valence-corrected chi connectivity index (χ4v) is 2.99. The van der Waals surface area contributed by atoms with Gasteiger partial charge in [0, 0.05) is 10.4 Å². The molecule has 0 saturated heterocycles. The predicted octanol–water partition coefficient (Wildman–Crippen LogP) is 4.18. The maximum atomic E-state index is 12.7. The van der Waals surface area contributed by atoms with Crippen molar-refractivity contribution in [3.63, 3.8) is 0 Å². The number of carbonyl (C=O) groups is 2. The van der Waals surface area contributed by atoms with Gasteiger partial charge < -0.3 is 10.4 Å². The van der Waals surface area contributed by atoms with Gasteiger partial charge in [-0.15, -0.1) is 11.3 Å². The largest absolute Gasteiger partial charge is 0.477 e. The third-order valence-electron chi connectivity index (χ3n) is 3.38. The van der Waals surface area contributed by atoms with Crippen LogP contribution in [0, 0.1) is 6.92 Å². The molecule has 23 heavy (non-hydrogen) atoms. The van der Waals surface area contributed by atoms with Crippen molar-refractivity contribution in [1.29, 1.82) is 0 Å². The first-order chi connectivity index (χ1) is 10.8. The molecule has 0 aliphatic heterocycles. The van der Waals surface area contributed by atoms with Crippen molar-refractivity contribution in [1.82, 2.24) is 5.32 Å². The number of benzene rings is 1. The third-order valence-corrected chi connectivity index (χ3v) is 4.42. The van der Waals surface area contributed by atoms with Crippen LogP contribution in [0.2, 0.25) is 0 Å². The van der Waals surface area contributed by atoms with Crippen molar-refractivity contribution in [2.75, 3.05) is 0 Å². The van der Waals surface area contributed by atoms with E-state index >= 15 is 0 Å². The van der Waals surface area contributed by atoms with Crippen molar-refractivity contribution < 1.29 is 23.5 Å². The van der Waals surface area contributed by atoms with Crippen LogP contribution in [0.1, 0.15) is 55.4 Å². The average molecular weight is 339 g/mol. The summed E-state index contributed by atoms with van der Waals surface area (Å²) in [6.07, 6.45) is -2.57. The Balaban J connectivity index is 2.16. The number of carboxylic acids is 1. The van der Waals surface area contributed by atoms with E-state index in [2.05, 4.69) is 5.32 Å². The lowest BCUT2D eigenvalue weighted by Crippen LogP contribution is -2.26. The standard InChI is InChI=1S/C16H15F2NO3S/c1-8(10-4-3-5-11(6-10)14(17)18)19-15(20)12-7-13(16(21)22)23-9(12)2/h3-8,14H,1-2H3,(H,19,20)(H,21,22). The van der Waals surface area contributed by atoms with Gasteiger partial charge in [0.05, 0.1) is 11.6 Å². The van der Waals surface area contributed by atoms with Crippen LogP contribution in [0.3, 0.4) is 0 Å². The van der Waals surface area contributed by atoms with Crippen molar-refractivity contribution >= 4 is 23.2 Å². The summed E-state index contributed by atoms with van der Waals surface area (Å²) in [6.45, 7) is 3.34. The molecule has 0 radical (unpaired) electrons. The van der Waals surface area contributed by atoms with Gasteiger partial charge in [0.15, 0.2) is 0 Å². The van der Waals surface area contributed by atoms with E-state index in [1.807, 2.05) is 0 Å². The van der Waals surface area contributed by atoms with Crippen LogP contribution in [0.15, 0.2) is 30.3 Å². The molecule has 1 atom stereocenters. The molecule has 122 valence electrons. The SMILES string of the molecule is Cc1sc(C(=O)O)cc1C(=O)NC(C)c1cccc(C(F)F)c1. The number of carbonyl (C=O) groups excluding carboxylic acids is 1. The maximum absolute atomic E-state index is 12.7. The van der Waals surface area contributed by atoms with Crippen molar-refractivity contribution in [2.24, 2.45) is 0 Å². The van der Waals surface area contributed by atoms with E-state index in [-0.39, 0.29) is 16.0 Å². The van der Waals surface area contributed by atoms with E-state index in [1.54, 1.807) is 19.9 Å². The van der Waals surface area contributed by atoms with E-state index < -0.39 is 24.3 Å². The number of amides is 1. The number of alkyl halides is 2. The van der Waals surface area contributed by atoms with Crippen molar-refractivity contribution in [2.45, 2.75) is 26.3 Å². The van der Waals surface area contributed by atoms with Gasteiger partial charge >= 0.3 is 5.97 Å². The fourth-order valence-electron chi connectivity index (χ4n) is 2.13. The molecule has 0 saturated carbocycles. The first-order valence-electron chi connectivity index (χ1n) is 6.82. The van der Waals surface area contributed by atoms with Crippen LogP contribution in [0.25, 0.3) is 0 Å². The molecule has 1 aromatic heterocycles. The topological polar surface area (TPSA) is 66.4 Å². The second kappa shape index (κ2) is 6.87. The Bertz CT molecular complexity index is 743. The molecule has 1 heterocycles. The lowest BCUT2D eigenvalue weighted by atomic mass is 10.0. The number of aryl methyl sites for hydroxylation is 1. The highest BCUT2D eigenvalue weighted by Crippen LogP contribution is 2.24. The molecule has 0 aliphatic carbocycles. The van der Waals surface area contributed by atoms with Crippen LogP contribution in [0.4, 0.5) is 8.78 Å². The van der Waals surface area contributed by atoms with Gasteiger partial charge in [-0.1, -0.05) is 18.2 Å². The summed E-state index contributed by atoms with van der Waals surface area (Å²) in [4.78, 5) is 23.9. The number of rotatable bonds is 5. The van der Waals surface area contributed by atoms with Gasteiger partial charge in [-0.3, -0.25) is 4.79 Å². The Morgan fingerprint density at radius 1 is 1.22 bits per heavy atom. The zero-order valence-corrected chi connectivity index (χ0v) is 13.3. The fraction of sp³-hybridized carbons (Fsp3) is 0.250. The average Bonchev–Trinajstić information content (AvgIpc) is 2.89. The molecular weight excluding hydrogens is 324 g/mol. The van der Waals surface area contributed by atoms with Crippen molar-refractivity contribution in [3.05, 3.63) is 56.8 Å². The second-order valence-electron chi connectivity index (χ2n) is 5.05. The van der Waals surface area contributed by atoms with Gasteiger partial charge in [-0.05, 0) is 31.5 Å². The number of halogens is 2. The van der Waals surface area contributed by atoms with Crippen LogP contribution >= 0.6 is 11.3 Å². The summed E-state index contributed by atoms with van der Waals surface area (Å²) in [6, 6.07) is 6.68. The highest BCUT2D eigenvalue weighted by molar-refractivity contribution is 7.14. The Morgan fingerprint density at radius 3 is 2.43 bits per heavy atom. The highest BCUT2D eigenvalue weighted by Gasteiger charge is 2.19. The van der Waals surface area contributed by atoms with Crippen LogP contribution in [0.5, 0.6) is 0 Å². The van der Waals surface area contributed by atoms with E-state index in [0.717, 1.165) is 11.3 Å². The number of hydrogen-bond donors (Lipinski definition) is 2. The summed E-state index contributed by atoms with van der Waals surface area (Å²) in [7, 11) is 0. The van der Waals surface area contributed by atoms with Gasteiger partial charge in [-0.25, -0.2) is 13.6 Å². The van der Waals surface area contributed by atoms with Crippen LogP contribution in [-0.4, -0.2) is 17.0 Å². The monoisotopic (exact) mass is 339 g/mol. The van der Waals surface area contributed by atoms with Crippen molar-refractivity contribution in [3.8, 4) is 0 Å². The summed E-state index contributed by atoms with van der Waals surface area (Å²) in [5.41, 5.74) is 0.732. The van der Waals surface area contributed by atoms with E-state index in [4.69, 9.17) is 5.11 Å². The predicted molar refractivity (Wildman–Crippen MR) is 83.3 cm³/mol. The quantitative estimate of drug-likeness (QED) is 0.858. The number of hydrogen-bond acceptors (Lipinski definition) is 3. The van der Waals surface area contributed by atoms with Crippen LogP contribution < -0.4 is 5.32 Å². The first kappa shape index (κ1) is 17.1. The smallest absolute Gasteiger partial charge is 0.345 e. The van der Waals surface area contributed by atoms with E-state index in [1.165, 1.54) is 24.3 Å². The summed E-state index contributed by atoms with van der Waals surface area (Å²) in [5, 5.41) is 11.7. The molecule has 2 N–H and O–H groups in total. The molecular formula is C16H15F2NO3S. The minimum absolute atomic E-state index is 0.0833. The molecule has 1 unspecified atom stereocenters. The number of aromatic carboxylic acids is 1.